The summed E-state index contributed by atoms with van der Waals surface area (Å²) in [5.41, 5.74) is 1.57. The fraction of sp³-hybridized carbons (Fsp3) is 0.167. The lowest BCUT2D eigenvalue weighted by Crippen LogP contribution is -1.97. The Kier molecular flexibility index (Phi) is 3.54. The van der Waals surface area contributed by atoms with Crippen LogP contribution in [-0.2, 0) is 13.2 Å². The van der Waals surface area contributed by atoms with Crippen LogP contribution < -0.4 is 4.74 Å². The molecule has 0 amide bonds. The maximum Gasteiger partial charge on any atom is 0.165 e. The zero-order valence-electron chi connectivity index (χ0n) is 8.52. The summed E-state index contributed by atoms with van der Waals surface area (Å²) in [5, 5.41) is 12.7. The Morgan fingerprint density at radius 2 is 2.12 bits per heavy atom. The van der Waals surface area contributed by atoms with Crippen molar-refractivity contribution in [2.75, 3.05) is 0 Å². The summed E-state index contributed by atoms with van der Waals surface area (Å²) in [5.74, 6) is -0.231. The van der Waals surface area contributed by atoms with E-state index in [2.05, 4.69) is 0 Å². The van der Waals surface area contributed by atoms with Crippen LogP contribution in [0.2, 0.25) is 0 Å². The summed E-state index contributed by atoms with van der Waals surface area (Å²) in [6.45, 7) is 0.195. The fourth-order valence-electron chi connectivity index (χ4n) is 1.30. The molecule has 2 aromatic rings. The molecule has 1 N–H and O–H groups in total. The number of hydrogen-bond donors (Lipinski definition) is 1. The van der Waals surface area contributed by atoms with Crippen molar-refractivity contribution in [2.45, 2.75) is 13.2 Å². The highest BCUT2D eigenvalue weighted by Gasteiger charge is 2.04. The number of hydrogen-bond acceptors (Lipinski definition) is 3. The van der Waals surface area contributed by atoms with E-state index in [-0.39, 0.29) is 12.4 Å². The van der Waals surface area contributed by atoms with Gasteiger partial charge in [-0.3, -0.25) is 0 Å². The summed E-state index contributed by atoms with van der Waals surface area (Å²) < 4.78 is 18.8. The molecule has 2 nitrogen and oxygen atoms in total. The summed E-state index contributed by atoms with van der Waals surface area (Å²) in [6, 6.07) is 6.40. The Balaban J connectivity index is 2.04. The second-order valence-corrected chi connectivity index (χ2v) is 4.12. The van der Waals surface area contributed by atoms with Gasteiger partial charge in [-0.05, 0) is 40.1 Å². The lowest BCUT2D eigenvalue weighted by Gasteiger charge is -2.06. The minimum atomic E-state index is -0.443. The summed E-state index contributed by atoms with van der Waals surface area (Å²) in [7, 11) is 0. The summed E-state index contributed by atoms with van der Waals surface area (Å²) >= 11 is 1.58. The normalized spacial score (nSPS) is 10.4. The molecule has 16 heavy (non-hydrogen) atoms. The minimum absolute atomic E-state index is 0.165. The highest BCUT2D eigenvalue weighted by Crippen LogP contribution is 2.20. The quantitative estimate of drug-likeness (QED) is 0.887. The maximum atomic E-state index is 13.4. The Hall–Kier alpha value is -1.39. The van der Waals surface area contributed by atoms with E-state index in [0.29, 0.717) is 12.2 Å². The first-order valence-electron chi connectivity index (χ1n) is 4.83. The third kappa shape index (κ3) is 2.59. The number of ether oxygens (including phenoxy) is 1. The molecule has 0 spiro atoms. The number of aliphatic hydroxyl groups excluding tert-OH is 1. The molecule has 0 unspecified atom stereocenters. The van der Waals surface area contributed by atoms with Crippen molar-refractivity contribution >= 4 is 11.3 Å². The first-order valence-corrected chi connectivity index (χ1v) is 5.77. The molecule has 0 radical (unpaired) electrons. The van der Waals surface area contributed by atoms with Gasteiger partial charge in [0.05, 0.1) is 6.61 Å². The van der Waals surface area contributed by atoms with Gasteiger partial charge in [-0.1, -0.05) is 6.07 Å². The van der Waals surface area contributed by atoms with Crippen molar-refractivity contribution in [3.05, 3.63) is 52.0 Å². The maximum absolute atomic E-state index is 13.4. The second-order valence-electron chi connectivity index (χ2n) is 3.34. The molecule has 1 aromatic carbocycles. The van der Waals surface area contributed by atoms with Gasteiger partial charge in [0.1, 0.15) is 6.61 Å². The molecule has 0 saturated heterocycles. The molecule has 0 aliphatic carbocycles. The molecule has 4 heteroatoms. The van der Waals surface area contributed by atoms with Crippen LogP contribution >= 0.6 is 11.3 Å². The highest BCUT2D eigenvalue weighted by molar-refractivity contribution is 7.07. The van der Waals surface area contributed by atoms with Gasteiger partial charge in [0.2, 0.25) is 0 Å². The number of rotatable bonds is 4. The molecule has 84 valence electrons. The van der Waals surface area contributed by atoms with Gasteiger partial charge in [-0.25, -0.2) is 4.39 Å². The van der Waals surface area contributed by atoms with E-state index in [1.54, 1.807) is 17.4 Å². The van der Waals surface area contributed by atoms with Crippen molar-refractivity contribution in [3.63, 3.8) is 0 Å². The molecule has 1 heterocycles. The molecule has 1 aromatic heterocycles. The van der Waals surface area contributed by atoms with Crippen LogP contribution in [0.3, 0.4) is 0 Å². The second kappa shape index (κ2) is 5.09. The van der Waals surface area contributed by atoms with Crippen LogP contribution in [0.4, 0.5) is 4.39 Å². The molecule has 0 saturated carbocycles. The SMILES string of the molecule is OCc1ccc(OCc2ccsc2)c(F)c1. The van der Waals surface area contributed by atoms with Crippen LogP contribution in [0.25, 0.3) is 0 Å². The van der Waals surface area contributed by atoms with Crippen molar-refractivity contribution in [3.8, 4) is 5.75 Å². The summed E-state index contributed by atoms with van der Waals surface area (Å²) in [4.78, 5) is 0. The molecular formula is C12H11FO2S. The first-order chi connectivity index (χ1) is 7.79. The van der Waals surface area contributed by atoms with Crippen molar-refractivity contribution in [2.24, 2.45) is 0 Å². The van der Waals surface area contributed by atoms with Gasteiger partial charge in [0.15, 0.2) is 11.6 Å². The number of thiophene rings is 1. The molecular weight excluding hydrogens is 227 g/mol. The zero-order valence-corrected chi connectivity index (χ0v) is 9.34. The van der Waals surface area contributed by atoms with Crippen LogP contribution in [0.5, 0.6) is 5.75 Å². The van der Waals surface area contributed by atoms with Gasteiger partial charge in [-0.15, -0.1) is 0 Å². The van der Waals surface area contributed by atoms with Gasteiger partial charge in [0.25, 0.3) is 0 Å². The number of benzene rings is 1. The predicted molar refractivity (Wildman–Crippen MR) is 61.0 cm³/mol. The highest BCUT2D eigenvalue weighted by atomic mass is 32.1. The monoisotopic (exact) mass is 238 g/mol. The summed E-state index contributed by atoms with van der Waals surface area (Å²) in [6.07, 6.45) is 0. The predicted octanol–water partition coefficient (Wildman–Crippen LogP) is 2.96. The first kappa shape index (κ1) is 11.1. The number of aliphatic hydroxyl groups is 1. The smallest absolute Gasteiger partial charge is 0.165 e. The third-order valence-electron chi connectivity index (χ3n) is 2.15. The lowest BCUT2D eigenvalue weighted by atomic mass is 10.2. The van der Waals surface area contributed by atoms with Crippen LogP contribution in [-0.4, -0.2) is 5.11 Å². The third-order valence-corrected chi connectivity index (χ3v) is 2.89. The Morgan fingerprint density at radius 1 is 1.25 bits per heavy atom. The van der Waals surface area contributed by atoms with E-state index >= 15 is 0 Å². The minimum Gasteiger partial charge on any atom is -0.486 e. The van der Waals surface area contributed by atoms with Crippen molar-refractivity contribution in [1.29, 1.82) is 0 Å². The van der Waals surface area contributed by atoms with Gasteiger partial charge < -0.3 is 9.84 Å². The molecule has 2 rings (SSSR count). The van der Waals surface area contributed by atoms with E-state index < -0.39 is 5.82 Å². The Labute approximate surface area is 96.9 Å². The molecule has 0 bridgehead atoms. The van der Waals surface area contributed by atoms with E-state index in [9.17, 15) is 4.39 Å². The zero-order chi connectivity index (χ0) is 11.4. The Morgan fingerprint density at radius 3 is 2.75 bits per heavy atom. The van der Waals surface area contributed by atoms with E-state index in [1.807, 2.05) is 16.8 Å². The van der Waals surface area contributed by atoms with Crippen molar-refractivity contribution < 1.29 is 14.2 Å². The molecule has 0 aliphatic rings. The van der Waals surface area contributed by atoms with E-state index in [0.717, 1.165) is 5.56 Å². The average molecular weight is 238 g/mol. The molecule has 0 fully saturated rings. The average Bonchev–Trinajstić information content (AvgIpc) is 2.80. The van der Waals surface area contributed by atoms with Gasteiger partial charge >= 0.3 is 0 Å². The van der Waals surface area contributed by atoms with Crippen LogP contribution in [0.1, 0.15) is 11.1 Å². The van der Waals surface area contributed by atoms with Crippen LogP contribution in [0, 0.1) is 5.82 Å². The van der Waals surface area contributed by atoms with Gasteiger partial charge in [0, 0.05) is 0 Å². The topological polar surface area (TPSA) is 29.5 Å². The van der Waals surface area contributed by atoms with Gasteiger partial charge in [-0.2, -0.15) is 11.3 Å². The Bertz CT molecular complexity index is 454. The van der Waals surface area contributed by atoms with E-state index in [1.165, 1.54) is 12.1 Å². The fourth-order valence-corrected chi connectivity index (χ4v) is 1.95. The number of halogens is 1. The van der Waals surface area contributed by atoms with Crippen LogP contribution in [0.15, 0.2) is 35.0 Å². The standard InChI is InChI=1S/C12H11FO2S/c13-11-5-9(6-14)1-2-12(11)15-7-10-3-4-16-8-10/h1-5,8,14H,6-7H2. The van der Waals surface area contributed by atoms with Crippen molar-refractivity contribution in [1.82, 2.24) is 0 Å². The lowest BCUT2D eigenvalue weighted by molar-refractivity contribution is 0.276. The molecule has 0 atom stereocenters. The van der Waals surface area contributed by atoms with E-state index in [4.69, 9.17) is 9.84 Å². The largest absolute Gasteiger partial charge is 0.486 e. The molecule has 0 aliphatic heterocycles.